The van der Waals surface area contributed by atoms with Crippen molar-refractivity contribution in [1.29, 1.82) is 0 Å². The van der Waals surface area contributed by atoms with Gasteiger partial charge in [-0.25, -0.2) is 9.59 Å². The molecule has 4 heterocycles. The molecule has 4 aliphatic heterocycles. The quantitative estimate of drug-likeness (QED) is 0.697. The number of benzene rings is 1. The van der Waals surface area contributed by atoms with Crippen LogP contribution in [0.3, 0.4) is 0 Å². The van der Waals surface area contributed by atoms with Crippen LogP contribution in [0.1, 0.15) is 65.8 Å². The first kappa shape index (κ1) is 22.1. The molecule has 33 heavy (non-hydrogen) atoms. The fourth-order valence-corrected chi connectivity index (χ4v) is 5.78. The maximum atomic E-state index is 13.5. The predicted molar refractivity (Wildman–Crippen MR) is 118 cm³/mol. The van der Waals surface area contributed by atoms with Crippen molar-refractivity contribution in [2.75, 3.05) is 32.8 Å². The highest BCUT2D eigenvalue weighted by atomic mass is 16.5. The molecule has 0 radical (unpaired) electrons. The number of esters is 2. The van der Waals surface area contributed by atoms with Crippen LogP contribution in [-0.4, -0.2) is 65.5 Å². The van der Waals surface area contributed by atoms with E-state index < -0.39 is 11.5 Å². The SMILES string of the molecule is CC1=C(N2CCCC3(CCN(C[C@H](O)c4ccc5c(c4C)COC5=O)CC3)C2=O)COC1=O. The molecule has 8 heteroatoms. The molecule has 0 aliphatic carbocycles. The smallest absolute Gasteiger partial charge is 0.338 e. The van der Waals surface area contributed by atoms with Gasteiger partial charge in [-0.15, -0.1) is 0 Å². The Morgan fingerprint density at radius 2 is 1.73 bits per heavy atom. The van der Waals surface area contributed by atoms with E-state index in [2.05, 4.69) is 4.90 Å². The van der Waals surface area contributed by atoms with Crippen LogP contribution in [0.2, 0.25) is 0 Å². The third kappa shape index (κ3) is 3.65. The van der Waals surface area contributed by atoms with Crippen molar-refractivity contribution in [3.8, 4) is 0 Å². The van der Waals surface area contributed by atoms with Crippen molar-refractivity contribution in [3.05, 3.63) is 45.7 Å². The minimum Gasteiger partial charge on any atom is -0.457 e. The maximum absolute atomic E-state index is 13.5. The second kappa shape index (κ2) is 8.25. The number of aliphatic hydroxyl groups excluding tert-OH is 1. The summed E-state index contributed by atoms with van der Waals surface area (Å²) in [5.41, 5.74) is 4.04. The Morgan fingerprint density at radius 3 is 2.42 bits per heavy atom. The van der Waals surface area contributed by atoms with E-state index in [1.165, 1.54) is 0 Å². The number of nitrogens with zero attached hydrogens (tertiary/aromatic N) is 2. The molecular weight excluding hydrogens is 424 g/mol. The molecule has 0 saturated carbocycles. The summed E-state index contributed by atoms with van der Waals surface area (Å²) in [6, 6.07) is 3.56. The van der Waals surface area contributed by atoms with Gasteiger partial charge in [0.2, 0.25) is 5.91 Å². The molecule has 0 unspecified atom stereocenters. The lowest BCUT2D eigenvalue weighted by Crippen LogP contribution is -2.53. The summed E-state index contributed by atoms with van der Waals surface area (Å²) < 4.78 is 10.3. The lowest BCUT2D eigenvalue weighted by atomic mass is 9.71. The highest BCUT2D eigenvalue weighted by Gasteiger charge is 2.47. The van der Waals surface area contributed by atoms with E-state index in [1.807, 2.05) is 13.0 Å². The van der Waals surface area contributed by atoms with E-state index in [-0.39, 0.29) is 31.1 Å². The topological polar surface area (TPSA) is 96.4 Å². The van der Waals surface area contributed by atoms with Gasteiger partial charge in [-0.1, -0.05) is 6.07 Å². The van der Waals surface area contributed by atoms with Gasteiger partial charge in [-0.3, -0.25) is 4.79 Å². The standard InChI is InChI=1S/C25H30N2O6/c1-15-17(4-5-18-19(15)13-32-23(18)30)21(28)12-26-10-7-25(8-11-26)6-3-9-27(24(25)31)20-14-33-22(29)16(20)2/h4-5,21,28H,3,6-14H2,1-2H3/t21-/m0/s1. The van der Waals surface area contributed by atoms with Gasteiger partial charge in [0.15, 0.2) is 0 Å². The number of aliphatic hydroxyl groups is 1. The van der Waals surface area contributed by atoms with Gasteiger partial charge in [-0.2, -0.15) is 0 Å². The lowest BCUT2D eigenvalue weighted by Gasteiger charge is -2.46. The molecule has 5 rings (SSSR count). The molecule has 2 fully saturated rings. The summed E-state index contributed by atoms with van der Waals surface area (Å²) in [7, 11) is 0. The average Bonchev–Trinajstić information content (AvgIpc) is 3.35. The molecule has 1 N–H and O–H groups in total. The molecule has 1 atom stereocenters. The first-order valence-electron chi connectivity index (χ1n) is 11.7. The van der Waals surface area contributed by atoms with Crippen LogP contribution >= 0.6 is 0 Å². The Bertz CT molecular complexity index is 1050. The van der Waals surface area contributed by atoms with Gasteiger partial charge in [0, 0.05) is 18.7 Å². The van der Waals surface area contributed by atoms with Crippen LogP contribution in [0.15, 0.2) is 23.4 Å². The normalized spacial score (nSPS) is 23.7. The Morgan fingerprint density at radius 1 is 1.00 bits per heavy atom. The average molecular weight is 455 g/mol. The van der Waals surface area contributed by atoms with E-state index in [0.717, 1.165) is 61.2 Å². The highest BCUT2D eigenvalue weighted by molar-refractivity contribution is 5.94. The largest absolute Gasteiger partial charge is 0.457 e. The van der Waals surface area contributed by atoms with Crippen molar-refractivity contribution < 1.29 is 29.0 Å². The lowest BCUT2D eigenvalue weighted by molar-refractivity contribution is -0.148. The van der Waals surface area contributed by atoms with Crippen molar-refractivity contribution in [2.24, 2.45) is 5.41 Å². The van der Waals surface area contributed by atoms with Gasteiger partial charge < -0.3 is 24.4 Å². The maximum Gasteiger partial charge on any atom is 0.338 e. The second-order valence-electron chi connectivity index (χ2n) is 9.69. The van der Waals surface area contributed by atoms with Gasteiger partial charge in [0.25, 0.3) is 0 Å². The van der Waals surface area contributed by atoms with Crippen LogP contribution < -0.4 is 0 Å². The molecule has 1 amide bonds. The molecule has 0 bridgehead atoms. The molecule has 1 aromatic rings. The third-order valence-corrected chi connectivity index (χ3v) is 7.95. The number of cyclic esters (lactones) is 2. The monoisotopic (exact) mass is 454 g/mol. The van der Waals surface area contributed by atoms with Crippen LogP contribution in [0.25, 0.3) is 0 Å². The number of fused-ring (bicyclic) bond motifs is 1. The Kier molecular flexibility index (Phi) is 5.53. The fourth-order valence-electron chi connectivity index (χ4n) is 5.78. The van der Waals surface area contributed by atoms with Crippen molar-refractivity contribution in [2.45, 2.75) is 52.2 Å². The fraction of sp³-hybridized carbons (Fsp3) is 0.560. The van der Waals surface area contributed by atoms with Gasteiger partial charge >= 0.3 is 11.9 Å². The molecule has 176 valence electrons. The molecular formula is C25H30N2O6. The molecule has 1 spiro atoms. The zero-order chi connectivity index (χ0) is 23.3. The Hall–Kier alpha value is -2.71. The highest BCUT2D eigenvalue weighted by Crippen LogP contribution is 2.43. The van der Waals surface area contributed by atoms with Gasteiger partial charge in [-0.05, 0) is 69.8 Å². The number of rotatable bonds is 4. The van der Waals surface area contributed by atoms with Crippen LogP contribution in [-0.2, 0) is 25.7 Å². The summed E-state index contributed by atoms with van der Waals surface area (Å²) >= 11 is 0. The summed E-state index contributed by atoms with van der Waals surface area (Å²) in [4.78, 5) is 41.1. The number of carbonyl (C=O) groups excluding carboxylic acids is 3. The van der Waals surface area contributed by atoms with Gasteiger partial charge in [0.05, 0.1) is 28.4 Å². The minimum absolute atomic E-state index is 0.112. The molecule has 0 aromatic heterocycles. The first-order valence-corrected chi connectivity index (χ1v) is 11.7. The number of ether oxygens (including phenoxy) is 2. The predicted octanol–water partition coefficient (Wildman–Crippen LogP) is 2.23. The molecule has 1 aromatic carbocycles. The summed E-state index contributed by atoms with van der Waals surface area (Å²) in [5.74, 6) is -0.527. The first-order chi connectivity index (χ1) is 15.8. The second-order valence-corrected chi connectivity index (χ2v) is 9.69. The zero-order valence-corrected chi connectivity index (χ0v) is 19.2. The molecule has 4 aliphatic rings. The van der Waals surface area contributed by atoms with E-state index in [0.29, 0.717) is 24.2 Å². The Labute approximate surface area is 193 Å². The number of amides is 1. The Balaban J connectivity index is 1.24. The van der Waals surface area contributed by atoms with Crippen LogP contribution in [0, 0.1) is 12.3 Å². The summed E-state index contributed by atoms with van der Waals surface area (Å²) in [6.45, 7) is 6.68. The zero-order valence-electron chi connectivity index (χ0n) is 19.2. The minimum atomic E-state index is -0.673. The number of carbonyl (C=O) groups is 3. The van der Waals surface area contributed by atoms with Crippen molar-refractivity contribution in [1.82, 2.24) is 9.80 Å². The number of hydrogen-bond donors (Lipinski definition) is 1. The van der Waals surface area contributed by atoms with E-state index >= 15 is 0 Å². The third-order valence-electron chi connectivity index (χ3n) is 7.95. The van der Waals surface area contributed by atoms with Crippen LogP contribution in [0.4, 0.5) is 0 Å². The van der Waals surface area contributed by atoms with Gasteiger partial charge in [0.1, 0.15) is 13.2 Å². The number of likely N-dealkylation sites (tertiary alicyclic amines) is 2. The molecule has 2 saturated heterocycles. The number of piperidine rings is 2. The molecule has 8 nitrogen and oxygen atoms in total. The summed E-state index contributed by atoms with van der Waals surface area (Å²) in [6.07, 6.45) is 2.57. The van der Waals surface area contributed by atoms with E-state index in [1.54, 1.807) is 17.9 Å². The summed E-state index contributed by atoms with van der Waals surface area (Å²) in [5, 5.41) is 10.9. The van der Waals surface area contributed by atoms with E-state index in [4.69, 9.17) is 9.47 Å². The van der Waals surface area contributed by atoms with Crippen molar-refractivity contribution in [3.63, 3.8) is 0 Å². The van der Waals surface area contributed by atoms with Crippen LogP contribution in [0.5, 0.6) is 0 Å². The van der Waals surface area contributed by atoms with E-state index in [9.17, 15) is 19.5 Å². The number of β-amino-alcohol motifs (C(OH)–C–C–N with tert-alkyl or cyclic N) is 1. The number of hydrogen-bond acceptors (Lipinski definition) is 7. The van der Waals surface area contributed by atoms with Crippen molar-refractivity contribution >= 4 is 17.8 Å².